The van der Waals surface area contributed by atoms with Crippen LogP contribution in [0.5, 0.6) is 5.75 Å². The monoisotopic (exact) mass is 526 g/mol. The Labute approximate surface area is 228 Å². The normalized spacial score (nSPS) is 14.3. The maximum absolute atomic E-state index is 10.8. The van der Waals surface area contributed by atoms with Gasteiger partial charge in [0.15, 0.2) is 0 Å². The molecule has 5 rings (SSSR count). The van der Waals surface area contributed by atoms with E-state index in [4.69, 9.17) is 9.84 Å². The Kier molecular flexibility index (Phi) is 8.50. The van der Waals surface area contributed by atoms with Crippen molar-refractivity contribution in [2.24, 2.45) is 0 Å². The number of hydrogen-bond acceptors (Lipinski definition) is 7. The number of carboxylic acids is 1. The van der Waals surface area contributed by atoms with E-state index in [1.54, 1.807) is 7.11 Å². The molecular weight excluding hydrogens is 492 g/mol. The number of carbonyl (C=O) groups is 1. The van der Waals surface area contributed by atoms with Crippen molar-refractivity contribution in [2.45, 2.75) is 19.6 Å². The van der Waals surface area contributed by atoms with Crippen LogP contribution in [0.3, 0.4) is 0 Å². The number of methoxy groups -OCH3 is 1. The minimum Gasteiger partial charge on any atom is -0.497 e. The molecule has 2 N–H and O–H groups in total. The van der Waals surface area contributed by atoms with Gasteiger partial charge in [-0.3, -0.25) is 14.6 Å². The van der Waals surface area contributed by atoms with Gasteiger partial charge in [0, 0.05) is 45.0 Å². The molecule has 0 unspecified atom stereocenters. The second-order valence-corrected chi connectivity index (χ2v) is 9.84. The number of rotatable bonds is 11. The summed E-state index contributed by atoms with van der Waals surface area (Å²) in [4.78, 5) is 15.7. The molecule has 0 radical (unpaired) electrons. The predicted molar refractivity (Wildman–Crippen MR) is 151 cm³/mol. The van der Waals surface area contributed by atoms with Crippen molar-refractivity contribution in [2.75, 3.05) is 45.2 Å². The molecule has 1 aliphatic heterocycles. The Morgan fingerprint density at radius 2 is 1.56 bits per heavy atom. The summed E-state index contributed by atoms with van der Waals surface area (Å²) in [5.74, 6) is -0.0197. The molecular formula is C30H34N6O3. The number of benzene rings is 3. The van der Waals surface area contributed by atoms with Crippen molar-refractivity contribution < 1.29 is 14.6 Å². The molecule has 1 fully saturated rings. The minimum atomic E-state index is -0.888. The first-order valence-electron chi connectivity index (χ1n) is 13.2. The van der Waals surface area contributed by atoms with E-state index in [1.807, 2.05) is 47.3 Å². The molecule has 1 aromatic heterocycles. The van der Waals surface area contributed by atoms with E-state index in [1.165, 1.54) is 16.7 Å². The Morgan fingerprint density at radius 1 is 0.872 bits per heavy atom. The van der Waals surface area contributed by atoms with E-state index in [0.29, 0.717) is 6.54 Å². The first-order valence-corrected chi connectivity index (χ1v) is 13.2. The lowest BCUT2D eigenvalue weighted by molar-refractivity contribution is -0.134. The van der Waals surface area contributed by atoms with Crippen molar-refractivity contribution >= 4 is 11.7 Å². The molecule has 39 heavy (non-hydrogen) atoms. The molecule has 0 saturated carbocycles. The smallest absolute Gasteiger partial charge is 0.322 e. The van der Waals surface area contributed by atoms with Crippen LogP contribution in [0.4, 0.5) is 5.69 Å². The molecule has 9 nitrogen and oxygen atoms in total. The molecule has 4 aromatic rings. The van der Waals surface area contributed by atoms with E-state index in [-0.39, 0.29) is 6.54 Å². The summed E-state index contributed by atoms with van der Waals surface area (Å²) in [5, 5.41) is 20.5. The van der Waals surface area contributed by atoms with Crippen LogP contribution in [0.1, 0.15) is 16.8 Å². The molecule has 0 bridgehead atoms. The molecule has 2 heterocycles. The van der Waals surface area contributed by atoms with Gasteiger partial charge in [-0.2, -0.15) is 0 Å². The maximum Gasteiger partial charge on any atom is 0.322 e. The quantitative estimate of drug-likeness (QED) is 0.305. The Morgan fingerprint density at radius 3 is 2.28 bits per heavy atom. The fraction of sp³-hybridized carbons (Fsp3) is 0.300. The fourth-order valence-electron chi connectivity index (χ4n) is 4.86. The highest BCUT2D eigenvalue weighted by Crippen LogP contribution is 2.24. The van der Waals surface area contributed by atoms with E-state index in [9.17, 15) is 4.79 Å². The molecule has 0 spiro atoms. The van der Waals surface area contributed by atoms with Crippen LogP contribution in [-0.4, -0.2) is 75.7 Å². The average Bonchev–Trinajstić information content (AvgIpc) is 3.40. The second-order valence-electron chi connectivity index (χ2n) is 9.84. The third-order valence-electron chi connectivity index (χ3n) is 6.91. The lowest BCUT2D eigenvalue weighted by Crippen LogP contribution is -2.45. The standard InChI is InChI=1S/C30H34N6O3/c1-39-29-10-8-25(9-11-29)26-6-2-4-23(16-26)19-34-12-14-35(15-13-34)21-28-22-36(33-32-28)20-24-5-3-7-27(17-24)31-18-30(37)38/h2-11,16-17,22,31H,12-15,18-21H2,1H3,(H,37,38). The molecule has 3 aromatic carbocycles. The highest BCUT2D eigenvalue weighted by atomic mass is 16.5. The van der Waals surface area contributed by atoms with Gasteiger partial charge >= 0.3 is 5.97 Å². The lowest BCUT2D eigenvalue weighted by Gasteiger charge is -2.34. The van der Waals surface area contributed by atoms with E-state index >= 15 is 0 Å². The Balaban J connectivity index is 1.10. The summed E-state index contributed by atoms with van der Waals surface area (Å²) in [7, 11) is 1.69. The molecule has 0 aliphatic carbocycles. The van der Waals surface area contributed by atoms with E-state index in [0.717, 1.165) is 62.0 Å². The fourth-order valence-corrected chi connectivity index (χ4v) is 4.86. The van der Waals surface area contributed by atoms with Gasteiger partial charge in [-0.05, 0) is 52.6 Å². The topological polar surface area (TPSA) is 95.8 Å². The first-order chi connectivity index (χ1) is 19.0. The van der Waals surface area contributed by atoms with E-state index in [2.05, 4.69) is 61.8 Å². The van der Waals surface area contributed by atoms with Crippen LogP contribution in [-0.2, 0) is 24.4 Å². The number of carboxylic acid groups (broad SMARTS) is 1. The van der Waals surface area contributed by atoms with Crippen LogP contribution in [0.25, 0.3) is 11.1 Å². The van der Waals surface area contributed by atoms with Gasteiger partial charge in [0.25, 0.3) is 0 Å². The summed E-state index contributed by atoms with van der Waals surface area (Å²) in [6.45, 7) is 6.19. The van der Waals surface area contributed by atoms with Crippen molar-refractivity contribution in [3.05, 3.63) is 95.8 Å². The van der Waals surface area contributed by atoms with Gasteiger partial charge in [0.1, 0.15) is 12.3 Å². The molecule has 9 heteroatoms. The van der Waals surface area contributed by atoms with Gasteiger partial charge in [-0.1, -0.05) is 47.7 Å². The maximum atomic E-state index is 10.8. The minimum absolute atomic E-state index is 0.111. The third-order valence-corrected chi connectivity index (χ3v) is 6.91. The number of nitrogens with one attached hydrogen (secondary N) is 1. The predicted octanol–water partition coefficient (Wildman–Crippen LogP) is 3.82. The molecule has 1 aliphatic rings. The summed E-state index contributed by atoms with van der Waals surface area (Å²) < 4.78 is 7.11. The molecule has 202 valence electrons. The SMILES string of the molecule is COc1ccc(-c2cccc(CN3CCN(Cc4cn(Cc5cccc(NCC(=O)O)c5)nn4)CC3)c2)cc1. The average molecular weight is 527 g/mol. The third kappa shape index (κ3) is 7.43. The number of piperazine rings is 1. The van der Waals surface area contributed by atoms with Gasteiger partial charge < -0.3 is 15.2 Å². The van der Waals surface area contributed by atoms with Crippen LogP contribution >= 0.6 is 0 Å². The Bertz CT molecular complexity index is 1380. The van der Waals surface area contributed by atoms with Gasteiger partial charge in [-0.25, -0.2) is 4.68 Å². The molecule has 0 amide bonds. The van der Waals surface area contributed by atoms with Gasteiger partial charge in [0.05, 0.1) is 25.5 Å². The zero-order valence-corrected chi connectivity index (χ0v) is 22.2. The van der Waals surface area contributed by atoms with Gasteiger partial charge in [0.2, 0.25) is 0 Å². The highest BCUT2D eigenvalue weighted by Gasteiger charge is 2.18. The second kappa shape index (κ2) is 12.6. The molecule has 1 saturated heterocycles. The summed E-state index contributed by atoms with van der Waals surface area (Å²) in [5.41, 5.74) is 6.50. The number of ether oxygens (including phenoxy) is 1. The van der Waals surface area contributed by atoms with Crippen molar-refractivity contribution in [3.8, 4) is 16.9 Å². The van der Waals surface area contributed by atoms with Crippen LogP contribution in [0.2, 0.25) is 0 Å². The number of nitrogens with zero attached hydrogens (tertiary/aromatic N) is 5. The van der Waals surface area contributed by atoms with Crippen LogP contribution < -0.4 is 10.1 Å². The highest BCUT2D eigenvalue weighted by molar-refractivity contribution is 5.72. The molecule has 0 atom stereocenters. The zero-order valence-electron chi connectivity index (χ0n) is 22.2. The first kappa shape index (κ1) is 26.4. The summed E-state index contributed by atoms with van der Waals surface area (Å²) in [6, 6.07) is 24.7. The number of aliphatic carboxylic acids is 1. The van der Waals surface area contributed by atoms with Gasteiger partial charge in [-0.15, -0.1) is 5.10 Å². The largest absolute Gasteiger partial charge is 0.497 e. The van der Waals surface area contributed by atoms with Crippen molar-refractivity contribution in [1.82, 2.24) is 24.8 Å². The van der Waals surface area contributed by atoms with Crippen molar-refractivity contribution in [1.29, 1.82) is 0 Å². The van der Waals surface area contributed by atoms with Crippen molar-refractivity contribution in [3.63, 3.8) is 0 Å². The number of anilines is 1. The number of hydrogen-bond donors (Lipinski definition) is 2. The zero-order chi connectivity index (χ0) is 27.0. The summed E-state index contributed by atoms with van der Waals surface area (Å²) >= 11 is 0. The van der Waals surface area contributed by atoms with Crippen LogP contribution in [0, 0.1) is 0 Å². The summed E-state index contributed by atoms with van der Waals surface area (Å²) in [6.07, 6.45) is 1.99. The number of aromatic nitrogens is 3. The Hall–Kier alpha value is -4.21. The van der Waals surface area contributed by atoms with E-state index < -0.39 is 5.97 Å². The van der Waals surface area contributed by atoms with Crippen LogP contribution in [0.15, 0.2) is 79.0 Å². The lowest BCUT2D eigenvalue weighted by atomic mass is 10.0.